The average molecular weight is 362 g/mol. The molecular weight excluding hydrogens is 338 g/mol. The Hall–Kier alpha value is 0.130. The first-order valence-electron chi connectivity index (χ1n) is 8.29. The van der Waals surface area contributed by atoms with Crippen LogP contribution in [0.4, 0.5) is 0 Å². The summed E-state index contributed by atoms with van der Waals surface area (Å²) in [5, 5.41) is 0. The minimum absolute atomic E-state index is 0. The van der Waals surface area contributed by atoms with Gasteiger partial charge in [-0.1, -0.05) is 32.0 Å². The first-order chi connectivity index (χ1) is 10.9. The summed E-state index contributed by atoms with van der Waals surface area (Å²) in [6, 6.07) is 6.04. The van der Waals surface area contributed by atoms with Gasteiger partial charge in [0.25, 0.3) is 0 Å². The fourth-order valence-corrected chi connectivity index (χ4v) is 3.43. The number of rotatable bonds is 8. The Kier molecular flexibility index (Phi) is 7.00. The monoisotopic (exact) mass is 362 g/mol. The van der Waals surface area contributed by atoms with Crippen molar-refractivity contribution in [1.29, 1.82) is 0 Å². The zero-order valence-electron chi connectivity index (χ0n) is 14.9. The van der Waals surface area contributed by atoms with Gasteiger partial charge in [0.2, 0.25) is 0 Å². The van der Waals surface area contributed by atoms with Crippen LogP contribution in [-0.2, 0) is 13.8 Å². The molecule has 0 N–H and O–H groups in total. The maximum absolute atomic E-state index is 11.5. The number of phosphoric acid groups is 1. The summed E-state index contributed by atoms with van der Waals surface area (Å²) in [6.07, 6.45) is 4.84. The number of hydrogen-bond acceptors (Lipinski definition) is 5. The van der Waals surface area contributed by atoms with Crippen molar-refractivity contribution in [3.63, 3.8) is 0 Å². The first-order valence-corrected chi connectivity index (χ1v) is 9.75. The normalized spacial score (nSPS) is 22.2. The van der Waals surface area contributed by atoms with Crippen LogP contribution in [0.15, 0.2) is 18.2 Å². The topological polar surface area (TPSA) is 67.8 Å². The fraction of sp³-hybridized carbons (Fsp3) is 0.647. The minimum Gasteiger partial charge on any atom is -0.754 e. The maximum Gasteiger partial charge on any atom is 1.00 e. The van der Waals surface area contributed by atoms with Crippen LogP contribution in [0.1, 0.15) is 62.5 Å². The maximum atomic E-state index is 11.5. The molecule has 0 heterocycles. The van der Waals surface area contributed by atoms with E-state index in [0.717, 1.165) is 18.2 Å². The summed E-state index contributed by atoms with van der Waals surface area (Å²) >= 11 is 0. The number of hydrogen-bond donors (Lipinski definition) is 0. The predicted molar refractivity (Wildman–Crippen MR) is 85.0 cm³/mol. The van der Waals surface area contributed by atoms with Crippen molar-refractivity contribution >= 4 is 7.82 Å². The number of para-hydroxylation sites is 1. The van der Waals surface area contributed by atoms with Crippen LogP contribution in [0, 0.1) is 11.8 Å². The number of benzene rings is 1. The van der Waals surface area contributed by atoms with Crippen molar-refractivity contribution in [2.75, 3.05) is 7.11 Å². The molecule has 1 aromatic rings. The van der Waals surface area contributed by atoms with Crippen LogP contribution < -0.4 is 39.3 Å². The molecule has 2 aliphatic carbocycles. The molecular formula is C17H24NaO5P. The molecule has 0 aromatic heterocycles. The second-order valence-corrected chi connectivity index (χ2v) is 8.21. The summed E-state index contributed by atoms with van der Waals surface area (Å²) in [5.74, 6) is 2.50. The Morgan fingerprint density at radius 3 is 1.92 bits per heavy atom. The molecule has 0 aliphatic heterocycles. The Morgan fingerprint density at radius 2 is 1.54 bits per heavy atom. The largest absolute Gasteiger partial charge is 1.00 e. The van der Waals surface area contributed by atoms with Crippen LogP contribution in [0.5, 0.6) is 5.75 Å². The van der Waals surface area contributed by atoms with Gasteiger partial charge < -0.3 is 14.3 Å². The van der Waals surface area contributed by atoms with E-state index in [1.54, 1.807) is 0 Å². The van der Waals surface area contributed by atoms with Crippen molar-refractivity contribution in [3.05, 3.63) is 29.3 Å². The van der Waals surface area contributed by atoms with Crippen molar-refractivity contribution in [2.24, 2.45) is 11.8 Å². The van der Waals surface area contributed by atoms with Crippen molar-refractivity contribution in [3.8, 4) is 5.75 Å². The zero-order chi connectivity index (χ0) is 16.6. The molecule has 7 heteroatoms. The van der Waals surface area contributed by atoms with Crippen LogP contribution in [0.2, 0.25) is 0 Å². The smallest absolute Gasteiger partial charge is 0.754 e. The Balaban J connectivity index is 0.00000208. The van der Waals surface area contributed by atoms with Gasteiger partial charge in [-0.3, -0.25) is 4.57 Å². The third-order valence-corrected chi connectivity index (χ3v) is 5.86. The molecule has 5 nitrogen and oxygen atoms in total. The SMILES string of the molecule is COP(=O)([O-])OOc1c([C@@H](C)C2CC2)cccc1[C@@H](C)C1CC1.[Na+]. The van der Waals surface area contributed by atoms with E-state index in [2.05, 4.69) is 23.0 Å². The molecule has 128 valence electrons. The van der Waals surface area contributed by atoms with Crippen LogP contribution in [-0.4, -0.2) is 7.11 Å². The molecule has 0 amide bonds. The quantitative estimate of drug-likeness (QED) is 0.300. The van der Waals surface area contributed by atoms with E-state index in [4.69, 9.17) is 4.89 Å². The molecule has 2 fully saturated rings. The van der Waals surface area contributed by atoms with Gasteiger partial charge in [0.15, 0.2) is 5.75 Å². The van der Waals surface area contributed by atoms with E-state index in [9.17, 15) is 9.46 Å². The molecule has 0 bridgehead atoms. The molecule has 0 radical (unpaired) electrons. The summed E-state index contributed by atoms with van der Waals surface area (Å²) in [4.78, 5) is 16.8. The van der Waals surface area contributed by atoms with Gasteiger partial charge in [0, 0.05) is 18.2 Å². The van der Waals surface area contributed by atoms with Crippen molar-refractivity contribution < 1.29 is 53.1 Å². The van der Waals surface area contributed by atoms with E-state index in [-0.39, 0.29) is 29.6 Å². The molecule has 3 atom stereocenters. The Morgan fingerprint density at radius 1 is 1.08 bits per heavy atom. The minimum atomic E-state index is -4.43. The van der Waals surface area contributed by atoms with Gasteiger partial charge in [-0.2, -0.15) is 0 Å². The van der Waals surface area contributed by atoms with Crippen molar-refractivity contribution in [2.45, 2.75) is 51.4 Å². The molecule has 3 rings (SSSR count). The third-order valence-electron chi connectivity index (χ3n) is 5.15. The van der Waals surface area contributed by atoms with Gasteiger partial charge in [-0.15, -0.1) is 4.67 Å². The average Bonchev–Trinajstić information content (AvgIpc) is 3.41. The zero-order valence-corrected chi connectivity index (χ0v) is 17.8. The molecule has 0 saturated heterocycles. The van der Waals surface area contributed by atoms with Crippen LogP contribution >= 0.6 is 7.82 Å². The second-order valence-electron chi connectivity index (χ2n) is 6.81. The van der Waals surface area contributed by atoms with Crippen LogP contribution in [0.3, 0.4) is 0 Å². The van der Waals surface area contributed by atoms with E-state index in [1.807, 2.05) is 18.2 Å². The summed E-state index contributed by atoms with van der Waals surface area (Å²) in [6.45, 7) is 4.33. The van der Waals surface area contributed by atoms with Crippen molar-refractivity contribution in [1.82, 2.24) is 0 Å². The van der Waals surface area contributed by atoms with Gasteiger partial charge in [0.1, 0.15) is 0 Å². The standard InChI is InChI=1S/C17H25O5P.Na/c1-11(13-7-8-13)15-5-4-6-16(12(2)14-9-10-14)17(15)21-22-23(18,19)20-3;/h4-6,11-14H,7-10H2,1-3H3,(H,18,19);/q;+1/p-1/t11-,12-;/m0./s1. The second kappa shape index (κ2) is 8.22. The predicted octanol–water partition coefficient (Wildman–Crippen LogP) is 1.14. The Bertz CT molecular complexity index is 579. The van der Waals surface area contributed by atoms with Gasteiger partial charge >= 0.3 is 37.4 Å². The Labute approximate surface area is 165 Å². The van der Waals surface area contributed by atoms with Gasteiger partial charge in [-0.25, -0.2) is 0 Å². The van der Waals surface area contributed by atoms with E-state index in [0.29, 0.717) is 29.4 Å². The summed E-state index contributed by atoms with van der Waals surface area (Å²) < 4.78 is 20.4. The number of phosphoric ester groups is 1. The first kappa shape index (κ1) is 20.4. The molecule has 2 saturated carbocycles. The van der Waals surface area contributed by atoms with E-state index in [1.165, 1.54) is 25.7 Å². The van der Waals surface area contributed by atoms with Gasteiger partial charge in [-0.05, 0) is 49.4 Å². The molecule has 2 aliphatic rings. The fourth-order valence-electron chi connectivity index (χ4n) is 3.20. The molecule has 1 unspecified atom stereocenters. The molecule has 0 spiro atoms. The summed E-state index contributed by atoms with van der Waals surface area (Å²) in [7, 11) is -3.37. The molecule has 1 aromatic carbocycles. The van der Waals surface area contributed by atoms with E-state index < -0.39 is 7.82 Å². The van der Waals surface area contributed by atoms with Gasteiger partial charge in [0.05, 0.1) is 0 Å². The van der Waals surface area contributed by atoms with Crippen LogP contribution in [0.25, 0.3) is 0 Å². The molecule has 24 heavy (non-hydrogen) atoms. The third kappa shape index (κ3) is 4.85. The summed E-state index contributed by atoms with van der Waals surface area (Å²) in [5.41, 5.74) is 2.04. The van der Waals surface area contributed by atoms with E-state index >= 15 is 0 Å².